The predicted molar refractivity (Wildman–Crippen MR) is 88.5 cm³/mol. The third kappa shape index (κ3) is 2.83. The van der Waals surface area contributed by atoms with Gasteiger partial charge in [-0.25, -0.2) is 0 Å². The van der Waals surface area contributed by atoms with Crippen LogP contribution in [0.2, 0.25) is 0 Å². The van der Waals surface area contributed by atoms with Gasteiger partial charge in [-0.1, -0.05) is 0 Å². The van der Waals surface area contributed by atoms with E-state index in [1.54, 1.807) is 0 Å². The summed E-state index contributed by atoms with van der Waals surface area (Å²) in [5.74, 6) is 0. The van der Waals surface area contributed by atoms with Gasteiger partial charge in [0.2, 0.25) is 0 Å². The minimum atomic E-state index is -1.96. The molecule has 2 rings (SSSR count). The van der Waals surface area contributed by atoms with Crippen molar-refractivity contribution in [1.29, 1.82) is 0 Å². The molecule has 0 amide bonds. The molecule has 0 heterocycles. The topological polar surface area (TPSA) is 20.2 Å². The van der Waals surface area contributed by atoms with Gasteiger partial charge in [0.1, 0.15) is 0 Å². The Bertz CT molecular complexity index is 555. The Morgan fingerprint density at radius 2 is 0.850 bits per heavy atom. The molecular weight excluding hydrogens is 311 g/mol. The van der Waals surface area contributed by atoms with Crippen molar-refractivity contribution in [2.45, 2.75) is 41.5 Å². The van der Waals surface area contributed by atoms with Crippen molar-refractivity contribution < 1.29 is 4.19 Å². The van der Waals surface area contributed by atoms with Crippen molar-refractivity contribution in [3.63, 3.8) is 0 Å². The molecule has 0 aliphatic rings. The summed E-state index contributed by atoms with van der Waals surface area (Å²) in [5, 5.41) is 0. The zero-order chi connectivity index (χ0) is 15.0. The first-order chi connectivity index (χ1) is 9.31. The van der Waals surface area contributed by atoms with Gasteiger partial charge in [-0.05, 0) is 0 Å². The molecule has 2 aromatic carbocycles. The average Bonchev–Trinajstić information content (AvgIpc) is 2.25. The number of aryl methyl sites for hydroxylation is 6. The van der Waals surface area contributed by atoms with Crippen molar-refractivity contribution in [1.82, 2.24) is 0 Å². The van der Waals surface area contributed by atoms with Gasteiger partial charge in [0.25, 0.3) is 0 Å². The van der Waals surface area contributed by atoms with E-state index in [2.05, 4.69) is 65.8 Å². The van der Waals surface area contributed by atoms with E-state index in [0.717, 1.165) is 0 Å². The molecule has 1 nitrogen and oxygen atoms in total. The Kier molecular flexibility index (Phi) is 4.39. The second-order valence-corrected chi connectivity index (χ2v) is 8.65. The molecule has 1 N–H and O–H groups in total. The van der Waals surface area contributed by atoms with E-state index >= 15 is 0 Å². The van der Waals surface area contributed by atoms with Crippen LogP contribution in [0, 0.1) is 41.5 Å². The van der Waals surface area contributed by atoms with Gasteiger partial charge < -0.3 is 0 Å². The van der Waals surface area contributed by atoms with E-state index < -0.39 is 14.2 Å². The molecule has 2 aromatic rings. The molecule has 0 aliphatic carbocycles. The summed E-state index contributed by atoms with van der Waals surface area (Å²) < 4.78 is 13.4. The van der Waals surface area contributed by atoms with Crippen molar-refractivity contribution in [3.05, 3.63) is 57.6 Å². The molecule has 0 saturated carbocycles. The summed E-state index contributed by atoms with van der Waals surface area (Å²) in [6.07, 6.45) is 0. The number of hydrogen-bond acceptors (Lipinski definition) is 1. The molecule has 0 bridgehead atoms. The van der Waals surface area contributed by atoms with Crippen molar-refractivity contribution in [3.8, 4) is 0 Å². The van der Waals surface area contributed by atoms with Crippen LogP contribution in [-0.4, -0.2) is 18.4 Å². The van der Waals surface area contributed by atoms with E-state index in [9.17, 15) is 4.19 Å². The zero-order valence-electron chi connectivity index (χ0n) is 13.2. The maximum atomic E-state index is 11.0. The fourth-order valence-corrected chi connectivity index (χ4v) is 6.53. The van der Waals surface area contributed by atoms with E-state index in [0.29, 0.717) is 0 Å². The Morgan fingerprint density at radius 1 is 0.600 bits per heavy atom. The van der Waals surface area contributed by atoms with Crippen molar-refractivity contribution >= 4 is 23.2 Å². The molecule has 0 atom stereocenters. The van der Waals surface area contributed by atoms with Gasteiger partial charge in [-0.2, -0.15) is 0 Å². The summed E-state index contributed by atoms with van der Waals surface area (Å²) in [7, 11) is 0. The van der Waals surface area contributed by atoms with Crippen LogP contribution in [0.5, 0.6) is 0 Å². The molecular formula is C18H23OSe+. The Balaban J connectivity index is 2.61. The molecule has 106 valence electrons. The van der Waals surface area contributed by atoms with E-state index in [4.69, 9.17) is 0 Å². The summed E-state index contributed by atoms with van der Waals surface area (Å²) in [4.78, 5) is 0. The standard InChI is InChI=1S/C18H23OSe/c1-11-7-13(3)17(14(4)8-11)20(19)18-15(5)9-12(2)10-16(18)6/h7-10,19H,1-6H3/q+1. The van der Waals surface area contributed by atoms with Crippen LogP contribution in [0.25, 0.3) is 0 Å². The van der Waals surface area contributed by atoms with Crippen LogP contribution < -0.4 is 8.92 Å². The molecule has 0 aliphatic heterocycles. The van der Waals surface area contributed by atoms with E-state index in [-0.39, 0.29) is 0 Å². The van der Waals surface area contributed by atoms with E-state index in [1.807, 2.05) is 0 Å². The quantitative estimate of drug-likeness (QED) is 0.837. The van der Waals surface area contributed by atoms with Crippen molar-refractivity contribution in [2.24, 2.45) is 0 Å². The SMILES string of the molecule is Cc1cc(C)c([Se+](O)c2c(C)cc(C)cc2C)c(C)c1. The Labute approximate surface area is 126 Å². The van der Waals surface area contributed by atoms with Crippen LogP contribution in [0.15, 0.2) is 24.3 Å². The van der Waals surface area contributed by atoms with Gasteiger partial charge in [0, 0.05) is 0 Å². The van der Waals surface area contributed by atoms with Crippen LogP contribution in [0.4, 0.5) is 0 Å². The monoisotopic (exact) mass is 335 g/mol. The van der Waals surface area contributed by atoms with Crippen LogP contribution in [0.1, 0.15) is 33.4 Å². The first-order valence-corrected chi connectivity index (χ1v) is 9.38. The number of hydrogen-bond donors (Lipinski definition) is 1. The van der Waals surface area contributed by atoms with Crippen LogP contribution >= 0.6 is 0 Å². The molecule has 0 unspecified atom stereocenters. The summed E-state index contributed by atoms with van der Waals surface area (Å²) in [5.41, 5.74) is 7.40. The van der Waals surface area contributed by atoms with Gasteiger partial charge in [0.05, 0.1) is 0 Å². The molecule has 0 spiro atoms. The molecule has 0 radical (unpaired) electrons. The van der Waals surface area contributed by atoms with Gasteiger partial charge in [-0.15, -0.1) is 0 Å². The van der Waals surface area contributed by atoms with Gasteiger partial charge in [-0.3, -0.25) is 0 Å². The van der Waals surface area contributed by atoms with Crippen LogP contribution in [-0.2, 0) is 0 Å². The third-order valence-electron chi connectivity index (χ3n) is 3.60. The minimum absolute atomic E-state index is 1.17. The number of benzene rings is 2. The molecule has 0 saturated heterocycles. The van der Waals surface area contributed by atoms with E-state index in [1.165, 1.54) is 42.3 Å². The molecule has 0 fully saturated rings. The average molecular weight is 334 g/mol. The zero-order valence-corrected chi connectivity index (χ0v) is 14.9. The second kappa shape index (κ2) is 5.73. The molecule has 0 aromatic heterocycles. The first kappa shape index (κ1) is 15.3. The number of rotatable bonds is 2. The maximum absolute atomic E-state index is 11.0. The Hall–Kier alpha value is -1.08. The Morgan fingerprint density at radius 3 is 1.10 bits per heavy atom. The van der Waals surface area contributed by atoms with Crippen LogP contribution in [0.3, 0.4) is 0 Å². The van der Waals surface area contributed by atoms with Crippen molar-refractivity contribution in [2.75, 3.05) is 0 Å². The fraction of sp³-hybridized carbons (Fsp3) is 0.333. The fourth-order valence-electron chi connectivity index (χ4n) is 3.05. The molecule has 2 heteroatoms. The van der Waals surface area contributed by atoms with Gasteiger partial charge >= 0.3 is 127 Å². The predicted octanol–water partition coefficient (Wildman–Crippen LogP) is 2.64. The molecule has 20 heavy (non-hydrogen) atoms. The second-order valence-electron chi connectivity index (χ2n) is 5.74. The normalized spacial score (nSPS) is 11.2. The third-order valence-corrected chi connectivity index (χ3v) is 7.92. The summed E-state index contributed by atoms with van der Waals surface area (Å²) in [6.45, 7) is 12.7. The summed E-state index contributed by atoms with van der Waals surface area (Å²) >= 11 is -1.96. The first-order valence-electron chi connectivity index (χ1n) is 6.90. The summed E-state index contributed by atoms with van der Waals surface area (Å²) in [6, 6.07) is 8.70. The van der Waals surface area contributed by atoms with Gasteiger partial charge in [0.15, 0.2) is 0 Å².